The summed E-state index contributed by atoms with van der Waals surface area (Å²) < 4.78 is 43.9. The molecular formula is C34H66O10. The van der Waals surface area contributed by atoms with Crippen molar-refractivity contribution in [2.24, 2.45) is 11.8 Å². The van der Waals surface area contributed by atoms with Crippen LogP contribution in [0.2, 0.25) is 0 Å². The van der Waals surface area contributed by atoms with E-state index < -0.39 is 17.9 Å². The third kappa shape index (κ3) is 22.2. The van der Waals surface area contributed by atoms with Gasteiger partial charge in [0, 0.05) is 26.9 Å². The van der Waals surface area contributed by atoms with Crippen molar-refractivity contribution in [2.75, 3.05) is 60.0 Å². The first-order chi connectivity index (χ1) is 21.1. The maximum Gasteiger partial charge on any atom is 0.310 e. The Morgan fingerprint density at radius 2 is 1.00 bits per heavy atom. The molecule has 0 aromatic heterocycles. The van der Waals surface area contributed by atoms with Crippen LogP contribution in [0.15, 0.2) is 0 Å². The van der Waals surface area contributed by atoms with Gasteiger partial charge in [-0.2, -0.15) is 0 Å². The van der Waals surface area contributed by atoms with Gasteiger partial charge < -0.3 is 37.9 Å². The molecule has 7 unspecified atom stereocenters. The van der Waals surface area contributed by atoms with E-state index in [0.29, 0.717) is 32.7 Å². The maximum absolute atomic E-state index is 12.8. The minimum Gasteiger partial charge on any atom is -0.460 e. The molecule has 0 amide bonds. The van der Waals surface area contributed by atoms with Crippen molar-refractivity contribution in [3.8, 4) is 0 Å². The van der Waals surface area contributed by atoms with Gasteiger partial charge in [-0.15, -0.1) is 0 Å². The Balaban J connectivity index is 0.00000142. The third-order valence-electron chi connectivity index (χ3n) is 7.08. The highest BCUT2D eigenvalue weighted by atomic mass is 16.6. The Labute approximate surface area is 268 Å². The van der Waals surface area contributed by atoms with E-state index in [9.17, 15) is 9.59 Å². The summed E-state index contributed by atoms with van der Waals surface area (Å²) in [6.07, 6.45) is 6.94. The van der Waals surface area contributed by atoms with Gasteiger partial charge in [0.05, 0.1) is 63.2 Å². The van der Waals surface area contributed by atoms with Crippen molar-refractivity contribution in [1.82, 2.24) is 0 Å². The maximum atomic E-state index is 12.8. The fourth-order valence-corrected chi connectivity index (χ4v) is 4.59. The molecule has 10 heteroatoms. The zero-order chi connectivity index (χ0) is 33.2. The average Bonchev–Trinajstić information content (AvgIpc) is 3.00. The average molecular weight is 635 g/mol. The van der Waals surface area contributed by atoms with Crippen molar-refractivity contribution < 1.29 is 47.5 Å². The van der Waals surface area contributed by atoms with Gasteiger partial charge in [-0.1, -0.05) is 39.5 Å². The van der Waals surface area contributed by atoms with Gasteiger partial charge in [-0.3, -0.25) is 9.59 Å². The van der Waals surface area contributed by atoms with E-state index >= 15 is 0 Å². The lowest BCUT2D eigenvalue weighted by atomic mass is 9.79. The van der Waals surface area contributed by atoms with Crippen LogP contribution in [0.5, 0.6) is 0 Å². The standard InChI is InChI=1S/C25H46O8.C9H20O2/c1-7-8-13-29-15-18(2)30-16-19(3)31-17-21(5)33-25(27)23-12-10-9-11-22(23)24(26)32-20(4)14-28-6;1-4-6-7-10-8-9(3)11-5-2/h18-23H,7-17H2,1-6H3;9H,4-8H2,1-3H3. The number of rotatable bonds is 24. The van der Waals surface area contributed by atoms with Crippen LogP contribution < -0.4 is 0 Å². The lowest BCUT2D eigenvalue weighted by Gasteiger charge is -2.30. The number of carbonyl (C=O) groups is 2. The van der Waals surface area contributed by atoms with Crippen LogP contribution in [-0.2, 0) is 47.5 Å². The Hall–Kier alpha value is -1.30. The topological polar surface area (TPSA) is 108 Å². The van der Waals surface area contributed by atoms with Crippen molar-refractivity contribution in [1.29, 1.82) is 0 Å². The van der Waals surface area contributed by atoms with E-state index in [0.717, 1.165) is 58.5 Å². The van der Waals surface area contributed by atoms with Gasteiger partial charge in [0.25, 0.3) is 0 Å². The van der Waals surface area contributed by atoms with Gasteiger partial charge in [0.1, 0.15) is 12.2 Å². The van der Waals surface area contributed by atoms with Crippen molar-refractivity contribution in [3.63, 3.8) is 0 Å². The molecule has 1 rings (SSSR count). The molecule has 10 nitrogen and oxygen atoms in total. The summed E-state index contributed by atoms with van der Waals surface area (Å²) >= 11 is 0. The van der Waals surface area contributed by atoms with Gasteiger partial charge in [-0.05, 0) is 67.2 Å². The molecular weight excluding hydrogens is 568 g/mol. The molecule has 1 saturated carbocycles. The van der Waals surface area contributed by atoms with Gasteiger partial charge in [-0.25, -0.2) is 0 Å². The van der Waals surface area contributed by atoms with E-state index in [1.807, 2.05) is 27.7 Å². The summed E-state index contributed by atoms with van der Waals surface area (Å²) in [7, 11) is 1.56. The smallest absolute Gasteiger partial charge is 0.310 e. The largest absolute Gasteiger partial charge is 0.460 e. The fraction of sp³-hybridized carbons (Fsp3) is 0.941. The highest BCUT2D eigenvalue weighted by Crippen LogP contribution is 2.32. The predicted molar refractivity (Wildman–Crippen MR) is 172 cm³/mol. The van der Waals surface area contributed by atoms with Gasteiger partial charge in [0.15, 0.2) is 0 Å². The molecule has 0 spiro atoms. The number of methoxy groups -OCH3 is 1. The van der Waals surface area contributed by atoms with E-state index in [2.05, 4.69) is 13.8 Å². The fourth-order valence-electron chi connectivity index (χ4n) is 4.59. The molecule has 1 aliphatic carbocycles. The van der Waals surface area contributed by atoms with Gasteiger partial charge >= 0.3 is 11.9 Å². The zero-order valence-corrected chi connectivity index (χ0v) is 29.4. The summed E-state index contributed by atoms with van der Waals surface area (Å²) in [5.74, 6) is -1.64. The summed E-state index contributed by atoms with van der Waals surface area (Å²) in [4.78, 5) is 25.4. The number of esters is 2. The van der Waals surface area contributed by atoms with Crippen LogP contribution in [-0.4, -0.2) is 102 Å². The van der Waals surface area contributed by atoms with E-state index in [-0.39, 0.29) is 43.0 Å². The molecule has 0 N–H and O–H groups in total. The summed E-state index contributed by atoms with van der Waals surface area (Å²) in [6.45, 7) is 20.5. The molecule has 0 bridgehead atoms. The molecule has 262 valence electrons. The SMILES string of the molecule is CCCCOCC(C)OCC.CCCCOCC(C)OCC(C)OCC(C)OC(=O)C1CCCCC1C(=O)OC(C)COC. The van der Waals surface area contributed by atoms with Crippen LogP contribution in [0.1, 0.15) is 107 Å². The quantitative estimate of drug-likeness (QED) is 0.0905. The molecule has 44 heavy (non-hydrogen) atoms. The van der Waals surface area contributed by atoms with E-state index in [1.165, 1.54) is 6.42 Å². The Morgan fingerprint density at radius 1 is 0.591 bits per heavy atom. The lowest BCUT2D eigenvalue weighted by Crippen LogP contribution is -2.38. The third-order valence-corrected chi connectivity index (χ3v) is 7.08. The Morgan fingerprint density at radius 3 is 1.43 bits per heavy atom. The second kappa shape index (κ2) is 28.0. The van der Waals surface area contributed by atoms with Crippen LogP contribution in [0.25, 0.3) is 0 Å². The monoisotopic (exact) mass is 634 g/mol. The summed E-state index contributed by atoms with van der Waals surface area (Å²) in [6, 6.07) is 0. The molecule has 0 heterocycles. The molecule has 0 aromatic rings. The molecule has 1 aliphatic rings. The highest BCUT2D eigenvalue weighted by molar-refractivity contribution is 5.82. The molecule has 1 fully saturated rings. The number of unbranched alkanes of at least 4 members (excludes halogenated alkanes) is 2. The van der Waals surface area contributed by atoms with Crippen molar-refractivity contribution in [2.45, 2.75) is 137 Å². The van der Waals surface area contributed by atoms with Gasteiger partial charge in [0.2, 0.25) is 0 Å². The van der Waals surface area contributed by atoms with Crippen LogP contribution >= 0.6 is 0 Å². The molecule has 0 saturated heterocycles. The zero-order valence-electron chi connectivity index (χ0n) is 29.4. The number of hydrogen-bond donors (Lipinski definition) is 0. The van der Waals surface area contributed by atoms with E-state index in [4.69, 9.17) is 37.9 Å². The first-order valence-electron chi connectivity index (χ1n) is 17.0. The Bertz CT molecular complexity index is 691. The number of ether oxygens (including phenoxy) is 8. The lowest BCUT2D eigenvalue weighted by molar-refractivity contribution is -0.171. The normalized spacial score (nSPS) is 20.0. The summed E-state index contributed by atoms with van der Waals surface area (Å²) in [5.41, 5.74) is 0. The van der Waals surface area contributed by atoms with Crippen LogP contribution in [0, 0.1) is 11.8 Å². The molecule has 0 aromatic carbocycles. The van der Waals surface area contributed by atoms with Crippen LogP contribution in [0.3, 0.4) is 0 Å². The second-order valence-corrected chi connectivity index (χ2v) is 11.9. The minimum atomic E-state index is -0.474. The predicted octanol–water partition coefficient (Wildman–Crippen LogP) is 6.16. The van der Waals surface area contributed by atoms with Crippen molar-refractivity contribution >= 4 is 11.9 Å². The number of hydrogen-bond acceptors (Lipinski definition) is 10. The first kappa shape index (κ1) is 42.7. The Kier molecular flexibility index (Phi) is 27.1. The second-order valence-electron chi connectivity index (χ2n) is 11.9. The van der Waals surface area contributed by atoms with Crippen molar-refractivity contribution in [3.05, 3.63) is 0 Å². The van der Waals surface area contributed by atoms with Crippen LogP contribution in [0.4, 0.5) is 0 Å². The highest BCUT2D eigenvalue weighted by Gasteiger charge is 2.39. The van der Waals surface area contributed by atoms with E-state index in [1.54, 1.807) is 21.0 Å². The molecule has 0 aliphatic heterocycles. The number of carbonyl (C=O) groups excluding carboxylic acids is 2. The molecule has 0 radical (unpaired) electrons. The minimum absolute atomic E-state index is 0.00208. The molecule has 7 atom stereocenters. The first-order valence-corrected chi connectivity index (χ1v) is 17.0. The summed E-state index contributed by atoms with van der Waals surface area (Å²) in [5, 5.41) is 0.